The van der Waals surface area contributed by atoms with Gasteiger partial charge >= 0.3 is 6.18 Å². The summed E-state index contributed by atoms with van der Waals surface area (Å²) in [4.78, 5) is 7.58. The van der Waals surface area contributed by atoms with Crippen LogP contribution < -0.4 is 4.74 Å². The maximum absolute atomic E-state index is 12.7. The highest BCUT2D eigenvalue weighted by Gasteiger charge is 2.32. The number of halogens is 3. The van der Waals surface area contributed by atoms with Gasteiger partial charge in [0.1, 0.15) is 11.8 Å². The number of rotatable bonds is 5. The Labute approximate surface area is 160 Å². The fourth-order valence-corrected chi connectivity index (χ4v) is 2.77. The van der Waals surface area contributed by atoms with Crippen LogP contribution in [-0.2, 0) is 12.6 Å². The number of pyridine rings is 2. The van der Waals surface area contributed by atoms with E-state index in [0.717, 1.165) is 17.8 Å². The minimum absolute atomic E-state index is 0.134. The highest BCUT2D eigenvalue weighted by atomic mass is 19.4. The molecule has 0 N–H and O–H groups in total. The minimum Gasteiger partial charge on any atom is -0.490 e. The molecule has 0 saturated heterocycles. The maximum atomic E-state index is 12.7. The summed E-state index contributed by atoms with van der Waals surface area (Å²) in [5.41, 5.74) is 1.92. The molecule has 0 aliphatic heterocycles. The third-order valence-electron chi connectivity index (χ3n) is 4.23. The SMILES string of the molecule is Cc1c(-c2ccc(C(F)(F)F)nc2)cnc(C#N)c1OCCc1ccccc1. The maximum Gasteiger partial charge on any atom is 0.433 e. The van der Waals surface area contributed by atoms with Crippen LogP contribution in [0.25, 0.3) is 11.1 Å². The highest BCUT2D eigenvalue weighted by Crippen LogP contribution is 2.33. The summed E-state index contributed by atoms with van der Waals surface area (Å²) in [7, 11) is 0. The zero-order chi connectivity index (χ0) is 20.1. The van der Waals surface area contributed by atoms with Gasteiger partial charge in [0.2, 0.25) is 0 Å². The Morgan fingerprint density at radius 2 is 1.79 bits per heavy atom. The van der Waals surface area contributed by atoms with Crippen molar-refractivity contribution in [2.45, 2.75) is 19.5 Å². The van der Waals surface area contributed by atoms with Crippen LogP contribution in [0.5, 0.6) is 5.75 Å². The molecule has 0 amide bonds. The molecule has 0 unspecified atom stereocenters. The molecule has 1 aromatic carbocycles. The number of benzene rings is 1. The van der Waals surface area contributed by atoms with Crippen molar-refractivity contribution >= 4 is 0 Å². The lowest BCUT2D eigenvalue weighted by Gasteiger charge is -2.14. The fraction of sp³-hybridized carbons (Fsp3) is 0.190. The topological polar surface area (TPSA) is 58.8 Å². The fourth-order valence-electron chi connectivity index (χ4n) is 2.77. The Morgan fingerprint density at radius 1 is 1.04 bits per heavy atom. The van der Waals surface area contributed by atoms with Gasteiger partial charge in [-0.2, -0.15) is 18.4 Å². The van der Waals surface area contributed by atoms with Crippen LogP contribution in [0.3, 0.4) is 0 Å². The Hall–Kier alpha value is -3.40. The Kier molecular flexibility index (Phi) is 5.59. The minimum atomic E-state index is -4.50. The number of hydrogen-bond acceptors (Lipinski definition) is 4. The molecule has 3 aromatic rings. The number of aromatic nitrogens is 2. The van der Waals surface area contributed by atoms with E-state index in [9.17, 15) is 18.4 Å². The van der Waals surface area contributed by atoms with Crippen LogP contribution in [0.15, 0.2) is 54.9 Å². The molecular formula is C21H16F3N3O. The summed E-state index contributed by atoms with van der Waals surface area (Å²) in [6, 6.07) is 14.0. The second-order valence-electron chi connectivity index (χ2n) is 6.10. The molecule has 3 rings (SSSR count). The number of nitrogens with zero attached hydrogens (tertiary/aromatic N) is 3. The van der Waals surface area contributed by atoms with Crippen molar-refractivity contribution in [3.05, 3.63) is 77.4 Å². The quantitative estimate of drug-likeness (QED) is 0.625. The first-order chi connectivity index (χ1) is 13.4. The van der Waals surface area contributed by atoms with E-state index in [1.807, 2.05) is 36.4 Å². The van der Waals surface area contributed by atoms with Gasteiger partial charge in [0.05, 0.1) is 6.61 Å². The van der Waals surface area contributed by atoms with Gasteiger partial charge in [-0.05, 0) is 18.6 Å². The Balaban J connectivity index is 1.86. The third-order valence-corrected chi connectivity index (χ3v) is 4.23. The van der Waals surface area contributed by atoms with Gasteiger partial charge < -0.3 is 4.74 Å². The van der Waals surface area contributed by atoms with Gasteiger partial charge in [0, 0.05) is 35.5 Å². The highest BCUT2D eigenvalue weighted by molar-refractivity contribution is 5.69. The molecule has 0 fully saturated rings. The average molecular weight is 383 g/mol. The molecule has 0 radical (unpaired) electrons. The molecule has 28 heavy (non-hydrogen) atoms. The van der Waals surface area contributed by atoms with Gasteiger partial charge in [-0.25, -0.2) is 4.98 Å². The third kappa shape index (κ3) is 4.29. The van der Waals surface area contributed by atoms with Gasteiger partial charge in [-0.1, -0.05) is 36.4 Å². The molecule has 0 bridgehead atoms. The lowest BCUT2D eigenvalue weighted by Crippen LogP contribution is -2.08. The molecule has 142 valence electrons. The predicted molar refractivity (Wildman–Crippen MR) is 97.6 cm³/mol. The van der Waals surface area contributed by atoms with Crippen LogP contribution in [0, 0.1) is 18.3 Å². The average Bonchev–Trinajstić information content (AvgIpc) is 2.69. The first-order valence-corrected chi connectivity index (χ1v) is 8.50. The van der Waals surface area contributed by atoms with Crippen molar-refractivity contribution in [2.24, 2.45) is 0 Å². The molecule has 0 saturated carbocycles. The van der Waals surface area contributed by atoms with Gasteiger partial charge in [-0.15, -0.1) is 0 Å². The number of ether oxygens (including phenoxy) is 1. The van der Waals surface area contributed by atoms with E-state index in [0.29, 0.717) is 35.5 Å². The van der Waals surface area contributed by atoms with Crippen molar-refractivity contribution < 1.29 is 17.9 Å². The first-order valence-electron chi connectivity index (χ1n) is 8.50. The van der Waals surface area contributed by atoms with Crippen molar-refractivity contribution in [1.82, 2.24) is 9.97 Å². The van der Waals surface area contributed by atoms with Crippen LogP contribution >= 0.6 is 0 Å². The molecule has 0 atom stereocenters. The van der Waals surface area contributed by atoms with Crippen molar-refractivity contribution in [3.8, 4) is 22.9 Å². The summed E-state index contributed by atoms with van der Waals surface area (Å²) in [5, 5.41) is 9.32. The summed E-state index contributed by atoms with van der Waals surface area (Å²) >= 11 is 0. The lowest BCUT2D eigenvalue weighted by molar-refractivity contribution is -0.141. The summed E-state index contributed by atoms with van der Waals surface area (Å²) < 4.78 is 44.0. The second kappa shape index (κ2) is 8.09. The first kappa shape index (κ1) is 19.4. The summed E-state index contributed by atoms with van der Waals surface area (Å²) in [6.07, 6.45) is -1.26. The zero-order valence-electron chi connectivity index (χ0n) is 15.0. The smallest absolute Gasteiger partial charge is 0.433 e. The molecular weight excluding hydrogens is 367 g/mol. The van der Waals surface area contributed by atoms with E-state index < -0.39 is 11.9 Å². The van der Waals surface area contributed by atoms with Crippen molar-refractivity contribution in [3.63, 3.8) is 0 Å². The van der Waals surface area contributed by atoms with Crippen LogP contribution in [0.1, 0.15) is 22.5 Å². The molecule has 0 aliphatic carbocycles. The van der Waals surface area contributed by atoms with Gasteiger partial charge in [0.25, 0.3) is 0 Å². The second-order valence-corrected chi connectivity index (χ2v) is 6.10. The monoisotopic (exact) mass is 383 g/mol. The summed E-state index contributed by atoms with van der Waals surface area (Å²) in [6.45, 7) is 2.09. The Morgan fingerprint density at radius 3 is 2.39 bits per heavy atom. The normalized spacial score (nSPS) is 11.1. The molecule has 2 heterocycles. The van der Waals surface area contributed by atoms with E-state index in [4.69, 9.17) is 4.74 Å². The Bertz CT molecular complexity index is 994. The summed E-state index contributed by atoms with van der Waals surface area (Å²) in [5.74, 6) is 0.329. The molecule has 2 aromatic heterocycles. The zero-order valence-corrected chi connectivity index (χ0v) is 15.0. The standard InChI is InChI=1S/C21H16F3N3O/c1-14-17(16-7-8-19(27-12-16)21(22,23)24)13-26-18(11-25)20(14)28-10-9-15-5-3-2-4-6-15/h2-8,12-13H,9-10H2,1H3. The van der Waals surface area contributed by atoms with E-state index >= 15 is 0 Å². The van der Waals surface area contributed by atoms with Gasteiger partial charge in [0.15, 0.2) is 11.4 Å². The lowest BCUT2D eigenvalue weighted by atomic mass is 10.0. The number of alkyl halides is 3. The van der Waals surface area contributed by atoms with E-state index in [1.165, 1.54) is 12.3 Å². The predicted octanol–water partition coefficient (Wildman–Crippen LogP) is 4.96. The molecule has 0 aliphatic rings. The van der Waals surface area contributed by atoms with Gasteiger partial charge in [-0.3, -0.25) is 4.98 Å². The molecule has 4 nitrogen and oxygen atoms in total. The number of nitriles is 1. The van der Waals surface area contributed by atoms with E-state index in [1.54, 1.807) is 6.92 Å². The van der Waals surface area contributed by atoms with Crippen LogP contribution in [0.4, 0.5) is 13.2 Å². The largest absolute Gasteiger partial charge is 0.490 e. The number of hydrogen-bond donors (Lipinski definition) is 0. The van der Waals surface area contributed by atoms with Crippen LogP contribution in [0.2, 0.25) is 0 Å². The molecule has 7 heteroatoms. The van der Waals surface area contributed by atoms with Crippen molar-refractivity contribution in [2.75, 3.05) is 6.61 Å². The van der Waals surface area contributed by atoms with E-state index in [-0.39, 0.29) is 5.69 Å². The molecule has 0 spiro atoms. The van der Waals surface area contributed by atoms with E-state index in [2.05, 4.69) is 9.97 Å². The van der Waals surface area contributed by atoms with Crippen molar-refractivity contribution in [1.29, 1.82) is 5.26 Å². The van der Waals surface area contributed by atoms with Crippen LogP contribution in [-0.4, -0.2) is 16.6 Å².